The molecule has 0 aliphatic carbocycles. The van der Waals surface area contributed by atoms with Gasteiger partial charge in [0.25, 0.3) is 0 Å². The lowest BCUT2D eigenvalue weighted by molar-refractivity contribution is 0.702. The van der Waals surface area contributed by atoms with Crippen LogP contribution in [0.3, 0.4) is 0 Å². The molecule has 0 bridgehead atoms. The lowest BCUT2D eigenvalue weighted by Crippen LogP contribution is -2.19. The van der Waals surface area contributed by atoms with Crippen molar-refractivity contribution in [2.75, 3.05) is 0 Å². The van der Waals surface area contributed by atoms with Crippen LogP contribution in [0.15, 0.2) is 79.0 Å². The van der Waals surface area contributed by atoms with E-state index in [-0.39, 0.29) is 6.04 Å². The summed E-state index contributed by atoms with van der Waals surface area (Å²) in [5, 5.41) is 3.44. The molecule has 1 heteroatoms. The molecule has 1 nitrogen and oxygen atoms in total. The van der Waals surface area contributed by atoms with E-state index in [9.17, 15) is 0 Å². The van der Waals surface area contributed by atoms with E-state index in [0.29, 0.717) is 0 Å². The Balaban J connectivity index is 2.08. The Morgan fingerprint density at radius 3 is 2.57 bits per heavy atom. The molecule has 2 aromatic rings. The summed E-state index contributed by atoms with van der Waals surface area (Å²) in [6.45, 7) is 6.10. The fraction of sp³-hybridized carbons (Fsp3) is 0.100. The first-order valence-electron chi connectivity index (χ1n) is 7.21. The second kappa shape index (κ2) is 5.84. The van der Waals surface area contributed by atoms with Crippen molar-refractivity contribution in [2.24, 2.45) is 0 Å². The van der Waals surface area contributed by atoms with Gasteiger partial charge in [-0.3, -0.25) is 0 Å². The molecule has 1 atom stereocenters. The molecule has 1 unspecified atom stereocenters. The molecule has 1 N–H and O–H groups in total. The van der Waals surface area contributed by atoms with Crippen molar-refractivity contribution in [3.63, 3.8) is 0 Å². The van der Waals surface area contributed by atoms with Crippen LogP contribution in [0.4, 0.5) is 0 Å². The molecule has 3 rings (SSSR count). The Labute approximate surface area is 126 Å². The molecular weight excluding hydrogens is 254 g/mol. The van der Waals surface area contributed by atoms with Crippen LogP contribution in [-0.2, 0) is 0 Å². The summed E-state index contributed by atoms with van der Waals surface area (Å²) in [5.74, 6) is 0. The van der Waals surface area contributed by atoms with Gasteiger partial charge in [0, 0.05) is 0 Å². The van der Waals surface area contributed by atoms with Gasteiger partial charge in [-0.2, -0.15) is 0 Å². The van der Waals surface area contributed by atoms with E-state index in [0.717, 1.165) is 0 Å². The number of hydrogen-bond acceptors (Lipinski definition) is 1. The zero-order valence-electron chi connectivity index (χ0n) is 12.2. The van der Waals surface area contributed by atoms with Crippen molar-refractivity contribution in [1.82, 2.24) is 5.32 Å². The normalized spacial score (nSPS) is 17.0. The smallest absolute Gasteiger partial charge is 0.0728 e. The standard InChI is InChI=1S/C20H19N/c1-3-16-11-12-18(17-9-5-4-6-10-17)14-19(16)20-15(2)8-7-13-21-20/h3-14,20-21H,1H2,2H3. The van der Waals surface area contributed by atoms with Crippen LogP contribution in [0.1, 0.15) is 24.1 Å². The highest BCUT2D eigenvalue weighted by atomic mass is 14.9. The predicted octanol–water partition coefficient (Wildman–Crippen LogP) is 5.10. The van der Waals surface area contributed by atoms with Crippen molar-refractivity contribution in [2.45, 2.75) is 13.0 Å². The summed E-state index contributed by atoms with van der Waals surface area (Å²) in [7, 11) is 0. The van der Waals surface area contributed by atoms with Crippen LogP contribution in [0.25, 0.3) is 17.2 Å². The Kier molecular flexibility index (Phi) is 3.74. The molecule has 0 saturated heterocycles. The van der Waals surface area contributed by atoms with Crippen molar-refractivity contribution in [3.8, 4) is 11.1 Å². The maximum Gasteiger partial charge on any atom is 0.0728 e. The molecule has 21 heavy (non-hydrogen) atoms. The molecule has 2 aromatic carbocycles. The number of benzene rings is 2. The van der Waals surface area contributed by atoms with E-state index >= 15 is 0 Å². The molecule has 1 aliphatic rings. The highest BCUT2D eigenvalue weighted by Crippen LogP contribution is 2.31. The highest BCUT2D eigenvalue weighted by Gasteiger charge is 2.17. The van der Waals surface area contributed by atoms with Crippen LogP contribution in [0, 0.1) is 0 Å². The minimum atomic E-state index is 0.215. The Morgan fingerprint density at radius 1 is 1.05 bits per heavy atom. The number of hydrogen-bond donors (Lipinski definition) is 1. The van der Waals surface area contributed by atoms with Gasteiger partial charge < -0.3 is 5.32 Å². The number of dihydropyridines is 1. The second-order valence-electron chi connectivity index (χ2n) is 5.28. The molecule has 0 aromatic heterocycles. The summed E-state index contributed by atoms with van der Waals surface area (Å²) in [5.41, 5.74) is 6.23. The fourth-order valence-corrected chi connectivity index (χ4v) is 2.74. The van der Waals surface area contributed by atoms with E-state index in [4.69, 9.17) is 0 Å². The van der Waals surface area contributed by atoms with Gasteiger partial charge in [0.05, 0.1) is 6.04 Å². The molecule has 0 fully saturated rings. The summed E-state index contributed by atoms with van der Waals surface area (Å²) in [6, 6.07) is 17.3. The summed E-state index contributed by atoms with van der Waals surface area (Å²) in [6.07, 6.45) is 8.13. The average molecular weight is 273 g/mol. The Morgan fingerprint density at radius 2 is 1.86 bits per heavy atom. The monoisotopic (exact) mass is 273 g/mol. The molecule has 0 saturated carbocycles. The first-order valence-corrected chi connectivity index (χ1v) is 7.21. The lowest BCUT2D eigenvalue weighted by Gasteiger charge is -2.24. The van der Waals surface area contributed by atoms with Gasteiger partial charge in [-0.1, -0.05) is 61.2 Å². The van der Waals surface area contributed by atoms with Crippen LogP contribution in [0.2, 0.25) is 0 Å². The summed E-state index contributed by atoms with van der Waals surface area (Å²) < 4.78 is 0. The maximum atomic E-state index is 3.95. The largest absolute Gasteiger partial charge is 0.380 e. The third kappa shape index (κ3) is 2.68. The van der Waals surface area contributed by atoms with E-state index < -0.39 is 0 Å². The lowest BCUT2D eigenvalue weighted by atomic mass is 9.90. The van der Waals surface area contributed by atoms with Crippen molar-refractivity contribution >= 4 is 6.08 Å². The summed E-state index contributed by atoms with van der Waals surface area (Å²) in [4.78, 5) is 0. The fourth-order valence-electron chi connectivity index (χ4n) is 2.74. The maximum absolute atomic E-state index is 3.95. The minimum Gasteiger partial charge on any atom is -0.380 e. The van der Waals surface area contributed by atoms with Gasteiger partial charge in [-0.15, -0.1) is 0 Å². The molecule has 0 radical (unpaired) electrons. The average Bonchev–Trinajstić information content (AvgIpc) is 2.55. The van der Waals surface area contributed by atoms with E-state index in [1.165, 1.54) is 27.8 Å². The third-order valence-electron chi connectivity index (χ3n) is 3.90. The van der Waals surface area contributed by atoms with Gasteiger partial charge in [-0.05, 0) is 53.1 Å². The summed E-state index contributed by atoms with van der Waals surface area (Å²) >= 11 is 0. The van der Waals surface area contributed by atoms with Crippen LogP contribution >= 0.6 is 0 Å². The van der Waals surface area contributed by atoms with Gasteiger partial charge in [0.2, 0.25) is 0 Å². The first-order chi connectivity index (χ1) is 10.3. The van der Waals surface area contributed by atoms with Gasteiger partial charge in [-0.25, -0.2) is 0 Å². The van der Waals surface area contributed by atoms with Gasteiger partial charge in [0.15, 0.2) is 0 Å². The quantitative estimate of drug-likeness (QED) is 0.820. The van der Waals surface area contributed by atoms with Gasteiger partial charge >= 0.3 is 0 Å². The molecule has 1 aliphatic heterocycles. The van der Waals surface area contributed by atoms with E-state index in [1.807, 2.05) is 24.4 Å². The van der Waals surface area contributed by atoms with E-state index in [1.54, 1.807) is 0 Å². The van der Waals surface area contributed by atoms with E-state index in [2.05, 4.69) is 67.4 Å². The topological polar surface area (TPSA) is 12.0 Å². The number of rotatable bonds is 3. The molecule has 0 spiro atoms. The molecule has 0 amide bonds. The zero-order valence-corrected chi connectivity index (χ0v) is 12.2. The molecule has 104 valence electrons. The van der Waals surface area contributed by atoms with Gasteiger partial charge in [0.1, 0.15) is 0 Å². The molecular formula is C20H19N. The first kappa shape index (κ1) is 13.4. The Bertz CT molecular complexity index is 708. The van der Waals surface area contributed by atoms with Crippen molar-refractivity contribution in [1.29, 1.82) is 0 Å². The number of allylic oxidation sites excluding steroid dienone is 2. The number of nitrogens with one attached hydrogen (secondary N) is 1. The van der Waals surface area contributed by atoms with Crippen LogP contribution in [0.5, 0.6) is 0 Å². The molecule has 1 heterocycles. The van der Waals surface area contributed by atoms with Crippen LogP contribution < -0.4 is 5.32 Å². The second-order valence-corrected chi connectivity index (χ2v) is 5.28. The van der Waals surface area contributed by atoms with Crippen molar-refractivity contribution < 1.29 is 0 Å². The van der Waals surface area contributed by atoms with Crippen LogP contribution in [-0.4, -0.2) is 0 Å². The SMILES string of the molecule is C=Cc1ccc(-c2ccccc2)cc1C1NC=CC=C1C. The Hall–Kier alpha value is -2.54. The zero-order chi connectivity index (χ0) is 14.7. The van der Waals surface area contributed by atoms with Crippen molar-refractivity contribution in [3.05, 3.63) is 90.2 Å². The minimum absolute atomic E-state index is 0.215. The predicted molar refractivity (Wildman–Crippen MR) is 90.7 cm³/mol. The highest BCUT2D eigenvalue weighted by molar-refractivity contribution is 5.68. The third-order valence-corrected chi connectivity index (χ3v) is 3.90.